The number of carbonyl (C=O) groups excluding carboxylic acids is 1. The Bertz CT molecular complexity index is 1290. The molecule has 0 aliphatic carbocycles. The summed E-state index contributed by atoms with van der Waals surface area (Å²) >= 11 is 6.00. The fraction of sp³-hybridized carbons (Fsp3) is 0.0833. The molecule has 0 amide bonds. The molecule has 30 heavy (non-hydrogen) atoms. The van der Waals surface area contributed by atoms with Gasteiger partial charge in [0.1, 0.15) is 17.1 Å². The first kappa shape index (κ1) is 19.7. The Balaban J connectivity index is 1.96. The smallest absolute Gasteiger partial charge is 0.137 e. The number of rotatable bonds is 5. The van der Waals surface area contributed by atoms with Crippen molar-refractivity contribution in [3.8, 4) is 17.1 Å². The number of fused-ring (bicyclic) bond motifs is 1. The largest absolute Gasteiger partial charge is 0.545 e. The van der Waals surface area contributed by atoms with Gasteiger partial charge < -0.3 is 19.1 Å². The predicted octanol–water partition coefficient (Wildman–Crippen LogP) is 4.75. The Morgan fingerprint density at radius 3 is 2.60 bits per heavy atom. The zero-order chi connectivity index (χ0) is 21.1. The maximum absolute atomic E-state index is 11.2. The number of ether oxygens (including phenoxy) is 1. The van der Waals surface area contributed by atoms with Gasteiger partial charge in [-0.1, -0.05) is 23.7 Å². The molecule has 0 N–H and O–H groups in total. The molecule has 0 spiro atoms. The molecule has 1 heterocycles. The molecular formula is C24H17ClNO4-. The maximum atomic E-state index is 11.2. The number of halogens is 1. The Morgan fingerprint density at radius 1 is 1.07 bits per heavy atom. The fourth-order valence-corrected chi connectivity index (χ4v) is 3.22. The van der Waals surface area contributed by atoms with Gasteiger partial charge in [0, 0.05) is 22.0 Å². The van der Waals surface area contributed by atoms with Crippen LogP contribution in [0, 0.1) is 0 Å². The van der Waals surface area contributed by atoms with Gasteiger partial charge in [-0.25, -0.2) is 4.99 Å². The summed E-state index contributed by atoms with van der Waals surface area (Å²) in [6, 6.07) is 20.9. The third-order valence-electron chi connectivity index (χ3n) is 4.49. The van der Waals surface area contributed by atoms with Crippen molar-refractivity contribution in [3.05, 3.63) is 88.7 Å². The summed E-state index contributed by atoms with van der Waals surface area (Å²) < 4.78 is 11.7. The molecule has 3 aromatic carbocycles. The lowest BCUT2D eigenvalue weighted by molar-refractivity contribution is -0.255. The number of hydrogen-bond donors (Lipinski definition) is 0. The second-order valence-corrected chi connectivity index (χ2v) is 6.98. The quantitative estimate of drug-likeness (QED) is 0.468. The van der Waals surface area contributed by atoms with Gasteiger partial charge in [-0.05, 0) is 67.1 Å². The molecule has 0 atom stereocenters. The van der Waals surface area contributed by atoms with E-state index in [4.69, 9.17) is 20.8 Å². The Kier molecular flexibility index (Phi) is 5.55. The van der Waals surface area contributed by atoms with Gasteiger partial charge in [0.2, 0.25) is 0 Å². The minimum absolute atomic E-state index is 0.0640. The number of hydrogen-bond acceptors (Lipinski definition) is 5. The SMILES string of the molecule is CCOc1ccc2oc(-c3ccc(Cl)cc3)cc(=Nc3cccc(C(=O)[O-])c3)c2c1. The standard InChI is InChI=1S/C24H18ClNO4/c1-2-29-19-10-11-22-20(13-19)21(26-18-5-3-4-16(12-18)24(27)28)14-23(30-22)15-6-8-17(25)9-7-15/h3-14H,2H2,1H3,(H,27,28)/p-1. The Labute approximate surface area is 177 Å². The highest BCUT2D eigenvalue weighted by Crippen LogP contribution is 2.26. The summed E-state index contributed by atoms with van der Waals surface area (Å²) in [5, 5.41) is 13.2. The molecule has 4 rings (SSSR count). The molecule has 0 bridgehead atoms. The van der Waals surface area contributed by atoms with Crippen molar-refractivity contribution in [2.75, 3.05) is 6.61 Å². The zero-order valence-corrected chi connectivity index (χ0v) is 16.8. The van der Waals surface area contributed by atoms with Crippen LogP contribution in [0.1, 0.15) is 17.3 Å². The number of carboxylic acid groups (broad SMARTS) is 1. The van der Waals surface area contributed by atoms with Crippen LogP contribution in [0.3, 0.4) is 0 Å². The Morgan fingerprint density at radius 2 is 1.87 bits per heavy atom. The van der Waals surface area contributed by atoms with Crippen molar-refractivity contribution in [2.45, 2.75) is 6.92 Å². The van der Waals surface area contributed by atoms with Crippen molar-refractivity contribution in [2.24, 2.45) is 4.99 Å². The number of carbonyl (C=O) groups is 1. The van der Waals surface area contributed by atoms with Crippen LogP contribution >= 0.6 is 11.6 Å². The van der Waals surface area contributed by atoms with Gasteiger partial charge in [0.05, 0.1) is 23.6 Å². The van der Waals surface area contributed by atoms with Gasteiger partial charge in [-0.15, -0.1) is 0 Å². The Hall–Kier alpha value is -3.57. The molecule has 0 aliphatic rings. The van der Waals surface area contributed by atoms with Gasteiger partial charge >= 0.3 is 0 Å². The second-order valence-electron chi connectivity index (χ2n) is 6.54. The molecule has 5 nitrogen and oxygen atoms in total. The van der Waals surface area contributed by atoms with E-state index in [1.165, 1.54) is 12.1 Å². The van der Waals surface area contributed by atoms with Gasteiger partial charge in [-0.2, -0.15) is 0 Å². The molecule has 1 aromatic heterocycles. The highest BCUT2D eigenvalue weighted by molar-refractivity contribution is 6.30. The second kappa shape index (κ2) is 8.43. The van der Waals surface area contributed by atoms with E-state index in [9.17, 15) is 9.90 Å². The van der Waals surface area contributed by atoms with Crippen LogP contribution in [0.4, 0.5) is 5.69 Å². The maximum Gasteiger partial charge on any atom is 0.137 e. The van der Waals surface area contributed by atoms with Crippen LogP contribution in [-0.2, 0) is 0 Å². The summed E-state index contributed by atoms with van der Waals surface area (Å²) in [5.74, 6) is 0.0537. The highest BCUT2D eigenvalue weighted by atomic mass is 35.5. The van der Waals surface area contributed by atoms with Crippen LogP contribution in [0.2, 0.25) is 5.02 Å². The summed E-state index contributed by atoms with van der Waals surface area (Å²) in [6.07, 6.45) is 0. The lowest BCUT2D eigenvalue weighted by Crippen LogP contribution is -2.21. The van der Waals surface area contributed by atoms with E-state index < -0.39 is 5.97 Å². The van der Waals surface area contributed by atoms with Crippen LogP contribution in [-0.4, -0.2) is 12.6 Å². The average Bonchev–Trinajstić information content (AvgIpc) is 2.75. The van der Waals surface area contributed by atoms with Crippen LogP contribution in [0.25, 0.3) is 22.3 Å². The molecular weight excluding hydrogens is 402 g/mol. The molecule has 150 valence electrons. The zero-order valence-electron chi connectivity index (χ0n) is 16.1. The molecule has 0 unspecified atom stereocenters. The monoisotopic (exact) mass is 418 g/mol. The van der Waals surface area contributed by atoms with Crippen molar-refractivity contribution in [3.63, 3.8) is 0 Å². The average molecular weight is 419 g/mol. The first-order chi connectivity index (χ1) is 14.5. The van der Waals surface area contributed by atoms with Crippen LogP contribution < -0.4 is 15.2 Å². The molecule has 0 saturated heterocycles. The van der Waals surface area contributed by atoms with Crippen molar-refractivity contribution < 1.29 is 19.1 Å². The number of aromatic carboxylic acids is 1. The predicted molar refractivity (Wildman–Crippen MR) is 114 cm³/mol. The van der Waals surface area contributed by atoms with E-state index in [0.29, 0.717) is 39.8 Å². The molecule has 0 aliphatic heterocycles. The van der Waals surface area contributed by atoms with E-state index in [2.05, 4.69) is 4.99 Å². The lowest BCUT2D eigenvalue weighted by Gasteiger charge is -2.08. The third kappa shape index (κ3) is 4.21. The van der Waals surface area contributed by atoms with Gasteiger partial charge in [0.15, 0.2) is 0 Å². The van der Waals surface area contributed by atoms with Crippen molar-refractivity contribution in [1.82, 2.24) is 0 Å². The van der Waals surface area contributed by atoms with Gasteiger partial charge in [-0.3, -0.25) is 0 Å². The van der Waals surface area contributed by atoms with Gasteiger partial charge in [0.25, 0.3) is 0 Å². The fourth-order valence-electron chi connectivity index (χ4n) is 3.09. The molecule has 0 saturated carbocycles. The summed E-state index contributed by atoms with van der Waals surface area (Å²) in [6.45, 7) is 2.45. The van der Waals surface area contributed by atoms with Crippen molar-refractivity contribution >= 4 is 34.2 Å². The van der Waals surface area contributed by atoms with Crippen LogP contribution in [0.5, 0.6) is 5.75 Å². The van der Waals surface area contributed by atoms with E-state index in [0.717, 1.165) is 10.9 Å². The van der Waals surface area contributed by atoms with Crippen molar-refractivity contribution in [1.29, 1.82) is 0 Å². The highest BCUT2D eigenvalue weighted by Gasteiger charge is 2.08. The van der Waals surface area contributed by atoms with E-state index in [1.807, 2.05) is 43.3 Å². The lowest BCUT2D eigenvalue weighted by atomic mass is 10.1. The molecule has 6 heteroatoms. The first-order valence-corrected chi connectivity index (χ1v) is 9.74. The van der Waals surface area contributed by atoms with Crippen LogP contribution in [0.15, 0.2) is 82.2 Å². The number of nitrogens with zero attached hydrogens (tertiary/aromatic N) is 1. The minimum Gasteiger partial charge on any atom is -0.545 e. The van der Waals surface area contributed by atoms with E-state index in [1.54, 1.807) is 24.3 Å². The number of benzene rings is 3. The summed E-state index contributed by atoms with van der Waals surface area (Å²) in [5.41, 5.74) is 2.03. The number of carboxylic acids is 1. The molecule has 4 aromatic rings. The third-order valence-corrected chi connectivity index (χ3v) is 4.74. The topological polar surface area (TPSA) is 74.9 Å². The van der Waals surface area contributed by atoms with E-state index in [-0.39, 0.29) is 5.56 Å². The normalized spacial score (nSPS) is 11.6. The first-order valence-electron chi connectivity index (χ1n) is 9.36. The summed E-state index contributed by atoms with van der Waals surface area (Å²) in [7, 11) is 0. The minimum atomic E-state index is -1.25. The summed E-state index contributed by atoms with van der Waals surface area (Å²) in [4.78, 5) is 15.9. The molecule has 0 radical (unpaired) electrons. The van der Waals surface area contributed by atoms with E-state index >= 15 is 0 Å². The molecule has 0 fully saturated rings.